The highest BCUT2D eigenvalue weighted by Crippen LogP contribution is 2.14. The summed E-state index contributed by atoms with van der Waals surface area (Å²) < 4.78 is 0. The van der Waals surface area contributed by atoms with E-state index in [9.17, 15) is 0 Å². The summed E-state index contributed by atoms with van der Waals surface area (Å²) in [6, 6.07) is 3.92. The molecule has 0 atom stereocenters. The van der Waals surface area contributed by atoms with E-state index in [0.717, 1.165) is 5.69 Å². The van der Waals surface area contributed by atoms with Gasteiger partial charge in [0.1, 0.15) is 0 Å². The molecule has 0 radical (unpaired) electrons. The Bertz CT molecular complexity index is 313. The lowest BCUT2D eigenvalue weighted by Gasteiger charge is -2.07. The fourth-order valence-corrected chi connectivity index (χ4v) is 1.11. The molecule has 0 bridgehead atoms. The van der Waals surface area contributed by atoms with Crippen molar-refractivity contribution in [3.05, 3.63) is 35.8 Å². The number of pyridine rings is 1. The fraction of sp³-hybridized carbons (Fsp3) is 0.300. The topological polar surface area (TPSA) is 77.0 Å². The molecule has 0 amide bonds. The monoisotopic (exact) mass is 192 g/mol. The van der Waals surface area contributed by atoms with Crippen molar-refractivity contribution in [1.82, 2.24) is 10.4 Å². The van der Waals surface area contributed by atoms with E-state index in [4.69, 9.17) is 11.6 Å². The second kappa shape index (κ2) is 4.62. The van der Waals surface area contributed by atoms with E-state index < -0.39 is 0 Å². The summed E-state index contributed by atoms with van der Waals surface area (Å²) in [7, 11) is 0. The number of hydrogen-bond acceptors (Lipinski definition) is 4. The van der Waals surface area contributed by atoms with E-state index in [-0.39, 0.29) is 0 Å². The molecule has 14 heavy (non-hydrogen) atoms. The Balaban J connectivity index is 2.93. The first-order valence-electron chi connectivity index (χ1n) is 4.54. The molecule has 0 unspecified atom stereocenters. The molecule has 1 heterocycles. The van der Waals surface area contributed by atoms with Crippen LogP contribution in [0.1, 0.15) is 31.0 Å². The van der Waals surface area contributed by atoms with Crippen molar-refractivity contribution >= 4 is 5.70 Å². The van der Waals surface area contributed by atoms with Crippen LogP contribution in [-0.4, -0.2) is 4.98 Å². The minimum Gasteiger partial charge on any atom is -0.403 e. The van der Waals surface area contributed by atoms with Crippen molar-refractivity contribution in [2.75, 3.05) is 0 Å². The number of nitrogens with two attached hydrogens (primary N) is 2. The summed E-state index contributed by atoms with van der Waals surface area (Å²) >= 11 is 0. The van der Waals surface area contributed by atoms with Gasteiger partial charge in [-0.25, -0.2) is 0 Å². The average Bonchev–Trinajstić information content (AvgIpc) is 2.20. The van der Waals surface area contributed by atoms with Crippen molar-refractivity contribution in [2.45, 2.75) is 19.8 Å². The molecule has 0 aromatic carbocycles. The van der Waals surface area contributed by atoms with Gasteiger partial charge in [-0.1, -0.05) is 19.9 Å². The Labute approximate surface area is 84.0 Å². The van der Waals surface area contributed by atoms with Crippen LogP contribution in [0.15, 0.2) is 24.5 Å². The van der Waals surface area contributed by atoms with Crippen molar-refractivity contribution in [3.63, 3.8) is 0 Å². The van der Waals surface area contributed by atoms with Crippen LogP contribution < -0.4 is 17.0 Å². The smallest absolute Gasteiger partial charge is 0.0900 e. The van der Waals surface area contributed by atoms with E-state index in [1.54, 1.807) is 0 Å². The average molecular weight is 192 g/mol. The van der Waals surface area contributed by atoms with E-state index in [1.165, 1.54) is 11.8 Å². The fourth-order valence-electron chi connectivity index (χ4n) is 1.11. The summed E-state index contributed by atoms with van der Waals surface area (Å²) in [5.74, 6) is 5.75. The van der Waals surface area contributed by atoms with Gasteiger partial charge in [-0.15, -0.1) is 0 Å². The lowest BCUT2D eigenvalue weighted by atomic mass is 10.1. The summed E-state index contributed by atoms with van der Waals surface area (Å²) in [4.78, 5) is 4.25. The van der Waals surface area contributed by atoms with Gasteiger partial charge in [0.15, 0.2) is 0 Å². The van der Waals surface area contributed by atoms with Gasteiger partial charge in [0.2, 0.25) is 0 Å². The third-order valence-corrected chi connectivity index (χ3v) is 2.05. The first-order chi connectivity index (χ1) is 6.69. The molecule has 0 aliphatic heterocycles. The van der Waals surface area contributed by atoms with Crippen LogP contribution in [0.2, 0.25) is 0 Å². The third-order valence-electron chi connectivity index (χ3n) is 2.05. The summed E-state index contributed by atoms with van der Waals surface area (Å²) in [6.45, 7) is 4.25. The first-order valence-corrected chi connectivity index (χ1v) is 4.54. The molecule has 4 heteroatoms. The van der Waals surface area contributed by atoms with E-state index in [1.807, 2.05) is 18.3 Å². The number of nitrogens with zero attached hydrogens (tertiary/aromatic N) is 1. The van der Waals surface area contributed by atoms with Gasteiger partial charge in [0, 0.05) is 12.4 Å². The molecule has 76 valence electrons. The maximum Gasteiger partial charge on any atom is 0.0900 e. The van der Waals surface area contributed by atoms with Crippen molar-refractivity contribution < 1.29 is 0 Å². The van der Waals surface area contributed by atoms with Crippen LogP contribution in [0.4, 0.5) is 0 Å². The third kappa shape index (κ3) is 2.23. The minimum atomic E-state index is 0.479. The molecule has 0 fully saturated rings. The van der Waals surface area contributed by atoms with Gasteiger partial charge >= 0.3 is 0 Å². The molecular formula is C10H16N4. The number of hydrazine groups is 1. The van der Waals surface area contributed by atoms with Gasteiger partial charge < -0.3 is 11.2 Å². The Hall–Kier alpha value is -1.55. The van der Waals surface area contributed by atoms with Crippen molar-refractivity contribution in [2.24, 2.45) is 11.6 Å². The predicted molar refractivity (Wildman–Crippen MR) is 57.8 cm³/mol. The van der Waals surface area contributed by atoms with E-state index >= 15 is 0 Å². The van der Waals surface area contributed by atoms with Gasteiger partial charge in [-0.2, -0.15) is 0 Å². The van der Waals surface area contributed by atoms with Crippen LogP contribution in [0.5, 0.6) is 0 Å². The quantitative estimate of drug-likeness (QED) is 0.491. The van der Waals surface area contributed by atoms with Crippen LogP contribution in [0, 0.1) is 0 Å². The zero-order valence-electron chi connectivity index (χ0n) is 8.49. The lowest BCUT2D eigenvalue weighted by molar-refractivity contribution is 0.855. The van der Waals surface area contributed by atoms with Gasteiger partial charge in [-0.3, -0.25) is 10.8 Å². The number of hydrogen-bond donors (Lipinski definition) is 3. The largest absolute Gasteiger partial charge is 0.403 e. The summed E-state index contributed by atoms with van der Waals surface area (Å²) in [5.41, 5.74) is 10.4. The van der Waals surface area contributed by atoms with Gasteiger partial charge in [0.05, 0.1) is 11.4 Å². The molecule has 0 saturated carbocycles. The maximum absolute atomic E-state index is 5.37. The van der Waals surface area contributed by atoms with Crippen molar-refractivity contribution in [1.29, 1.82) is 0 Å². The molecule has 0 aliphatic rings. The Kier molecular flexibility index (Phi) is 3.48. The van der Waals surface area contributed by atoms with Gasteiger partial charge in [0.25, 0.3) is 0 Å². The first kappa shape index (κ1) is 10.5. The molecule has 0 saturated heterocycles. The molecule has 4 nitrogen and oxygen atoms in total. The van der Waals surface area contributed by atoms with Crippen LogP contribution in [0.3, 0.4) is 0 Å². The molecule has 0 aliphatic carbocycles. The Morgan fingerprint density at radius 2 is 2.21 bits per heavy atom. The normalized spacial score (nSPS) is 11.9. The Morgan fingerprint density at radius 1 is 1.50 bits per heavy atom. The second-order valence-electron chi connectivity index (χ2n) is 3.36. The standard InChI is InChI=1S/C10H16N4/c1-7(2)8-3-4-9(13-6-8)10(5-11)14-12/h3-7,14H,11-12H2,1-2H3/b10-5-. The molecule has 5 N–H and O–H groups in total. The highest BCUT2D eigenvalue weighted by atomic mass is 15.2. The van der Waals surface area contributed by atoms with Gasteiger partial charge in [-0.05, 0) is 17.5 Å². The molecule has 1 aromatic heterocycles. The summed E-state index contributed by atoms with van der Waals surface area (Å²) in [6.07, 6.45) is 3.23. The van der Waals surface area contributed by atoms with E-state index in [2.05, 4.69) is 24.3 Å². The zero-order chi connectivity index (χ0) is 10.6. The molecule has 1 rings (SSSR count). The number of rotatable bonds is 3. The van der Waals surface area contributed by atoms with Crippen LogP contribution >= 0.6 is 0 Å². The highest BCUT2D eigenvalue weighted by molar-refractivity contribution is 5.59. The van der Waals surface area contributed by atoms with Crippen LogP contribution in [0.25, 0.3) is 5.70 Å². The minimum absolute atomic E-state index is 0.479. The predicted octanol–water partition coefficient (Wildman–Crippen LogP) is 0.925. The SMILES string of the molecule is CC(C)c1ccc(/C(=C/N)NN)nc1. The second-order valence-corrected chi connectivity index (χ2v) is 3.36. The number of aromatic nitrogens is 1. The molecule has 1 aromatic rings. The molecule has 0 spiro atoms. The maximum atomic E-state index is 5.37. The zero-order valence-corrected chi connectivity index (χ0v) is 8.49. The lowest BCUT2D eigenvalue weighted by Crippen LogP contribution is -2.21. The molecular weight excluding hydrogens is 176 g/mol. The Morgan fingerprint density at radius 3 is 2.57 bits per heavy atom. The highest BCUT2D eigenvalue weighted by Gasteiger charge is 2.02. The summed E-state index contributed by atoms with van der Waals surface area (Å²) in [5, 5.41) is 0. The van der Waals surface area contributed by atoms with Crippen molar-refractivity contribution in [3.8, 4) is 0 Å². The number of nitrogens with one attached hydrogen (secondary N) is 1. The van der Waals surface area contributed by atoms with Crippen LogP contribution in [-0.2, 0) is 0 Å². The van der Waals surface area contributed by atoms with E-state index in [0.29, 0.717) is 11.6 Å².